The molecule has 5 heteroatoms. The average Bonchev–Trinajstić information content (AvgIpc) is 3.06. The van der Waals surface area contributed by atoms with Gasteiger partial charge in [0.05, 0.1) is 12.5 Å². The van der Waals surface area contributed by atoms with Crippen molar-refractivity contribution in [2.24, 2.45) is 0 Å². The molecule has 2 N–H and O–H groups in total. The molecule has 0 radical (unpaired) electrons. The van der Waals surface area contributed by atoms with Gasteiger partial charge in [0.2, 0.25) is 5.91 Å². The van der Waals surface area contributed by atoms with E-state index < -0.39 is 5.97 Å². The van der Waals surface area contributed by atoms with Crippen LogP contribution in [0.1, 0.15) is 51.9 Å². The van der Waals surface area contributed by atoms with Crippen molar-refractivity contribution in [3.63, 3.8) is 0 Å². The molecule has 2 rings (SSSR count). The van der Waals surface area contributed by atoms with Crippen LogP contribution < -0.4 is 5.32 Å². The lowest BCUT2D eigenvalue weighted by Gasteiger charge is -2.28. The van der Waals surface area contributed by atoms with Crippen molar-refractivity contribution in [2.75, 3.05) is 6.54 Å². The second-order valence-corrected chi connectivity index (χ2v) is 5.78. The first kappa shape index (κ1) is 14.3. The molecule has 2 saturated carbocycles. The van der Waals surface area contributed by atoms with E-state index in [1.165, 1.54) is 12.8 Å². The first-order valence-electron chi connectivity index (χ1n) is 7.36. The molecule has 19 heavy (non-hydrogen) atoms. The number of hydrogen-bond donors (Lipinski definition) is 2. The number of carbonyl (C=O) groups is 2. The molecule has 0 saturated heterocycles. The van der Waals surface area contributed by atoms with Crippen molar-refractivity contribution in [1.82, 2.24) is 10.2 Å². The third-order valence-corrected chi connectivity index (χ3v) is 4.18. The molecule has 2 aliphatic rings. The SMILES string of the molecule is CC(C(=O)NC1CCCC1)N(CCC(=O)O)C1CC1. The van der Waals surface area contributed by atoms with E-state index in [1.54, 1.807) is 0 Å². The normalized spacial score (nSPS) is 21.6. The van der Waals surface area contributed by atoms with Crippen molar-refractivity contribution in [3.8, 4) is 0 Å². The molecule has 1 amide bonds. The molecule has 5 nitrogen and oxygen atoms in total. The van der Waals surface area contributed by atoms with Crippen molar-refractivity contribution in [2.45, 2.75) is 70.0 Å². The third-order valence-electron chi connectivity index (χ3n) is 4.18. The zero-order valence-corrected chi connectivity index (χ0v) is 11.6. The van der Waals surface area contributed by atoms with Gasteiger partial charge < -0.3 is 10.4 Å². The van der Waals surface area contributed by atoms with Crippen LogP contribution >= 0.6 is 0 Å². The maximum Gasteiger partial charge on any atom is 0.304 e. The molecule has 0 bridgehead atoms. The molecular formula is C14H24N2O3. The standard InChI is InChI=1S/C14H24N2O3/c1-10(14(19)15-11-4-2-3-5-11)16(12-6-7-12)9-8-13(17)18/h10-12H,2-9H2,1H3,(H,15,19)(H,17,18). The summed E-state index contributed by atoms with van der Waals surface area (Å²) in [6.07, 6.45) is 6.84. The number of amides is 1. The minimum atomic E-state index is -0.797. The number of carboxylic acid groups (broad SMARTS) is 1. The van der Waals surface area contributed by atoms with E-state index in [9.17, 15) is 9.59 Å². The van der Waals surface area contributed by atoms with Crippen LogP contribution in [0, 0.1) is 0 Å². The Hall–Kier alpha value is -1.10. The molecule has 2 aliphatic carbocycles. The second kappa shape index (κ2) is 6.37. The van der Waals surface area contributed by atoms with Crippen LogP contribution in [-0.4, -0.2) is 46.6 Å². The molecule has 1 atom stereocenters. The second-order valence-electron chi connectivity index (χ2n) is 5.78. The van der Waals surface area contributed by atoms with Gasteiger partial charge >= 0.3 is 5.97 Å². The number of nitrogens with one attached hydrogen (secondary N) is 1. The zero-order chi connectivity index (χ0) is 13.8. The van der Waals surface area contributed by atoms with Crippen LogP contribution in [0.25, 0.3) is 0 Å². The number of rotatable bonds is 7. The van der Waals surface area contributed by atoms with Crippen LogP contribution in [0.3, 0.4) is 0 Å². The predicted octanol–water partition coefficient (Wildman–Crippen LogP) is 1.37. The maximum absolute atomic E-state index is 12.2. The van der Waals surface area contributed by atoms with Crippen molar-refractivity contribution in [3.05, 3.63) is 0 Å². The first-order chi connectivity index (χ1) is 9.08. The van der Waals surface area contributed by atoms with Crippen LogP contribution in [0.15, 0.2) is 0 Å². The Morgan fingerprint density at radius 1 is 1.26 bits per heavy atom. The summed E-state index contributed by atoms with van der Waals surface area (Å²) in [5, 5.41) is 11.9. The Labute approximate surface area is 114 Å². The number of aliphatic carboxylic acids is 1. The Kier molecular flexibility index (Phi) is 4.80. The fourth-order valence-electron chi connectivity index (χ4n) is 2.87. The van der Waals surface area contributed by atoms with E-state index in [0.717, 1.165) is 25.7 Å². The number of hydrogen-bond acceptors (Lipinski definition) is 3. The fourth-order valence-corrected chi connectivity index (χ4v) is 2.87. The van der Waals surface area contributed by atoms with Gasteiger partial charge in [-0.3, -0.25) is 14.5 Å². The monoisotopic (exact) mass is 268 g/mol. The van der Waals surface area contributed by atoms with Gasteiger partial charge in [0.15, 0.2) is 0 Å². The molecular weight excluding hydrogens is 244 g/mol. The fraction of sp³-hybridized carbons (Fsp3) is 0.857. The zero-order valence-electron chi connectivity index (χ0n) is 11.6. The summed E-state index contributed by atoms with van der Waals surface area (Å²) in [5.74, 6) is -0.738. The average molecular weight is 268 g/mol. The minimum absolute atomic E-state index is 0.0594. The number of carbonyl (C=O) groups excluding carboxylic acids is 1. The highest BCUT2D eigenvalue weighted by molar-refractivity contribution is 5.81. The molecule has 1 unspecified atom stereocenters. The van der Waals surface area contributed by atoms with E-state index in [2.05, 4.69) is 10.2 Å². The maximum atomic E-state index is 12.2. The van der Waals surface area contributed by atoms with Crippen LogP contribution in [0.2, 0.25) is 0 Å². The Balaban J connectivity index is 1.84. The van der Waals surface area contributed by atoms with Crippen molar-refractivity contribution in [1.29, 1.82) is 0 Å². The lowest BCUT2D eigenvalue weighted by molar-refractivity contribution is -0.138. The number of nitrogens with zero attached hydrogens (tertiary/aromatic N) is 1. The van der Waals surface area contributed by atoms with Gasteiger partial charge in [-0.1, -0.05) is 12.8 Å². The van der Waals surface area contributed by atoms with E-state index in [1.807, 2.05) is 6.92 Å². The Morgan fingerprint density at radius 3 is 2.42 bits per heavy atom. The highest BCUT2D eigenvalue weighted by Crippen LogP contribution is 2.29. The van der Waals surface area contributed by atoms with Crippen LogP contribution in [0.5, 0.6) is 0 Å². The molecule has 0 aromatic carbocycles. The highest BCUT2D eigenvalue weighted by atomic mass is 16.4. The summed E-state index contributed by atoms with van der Waals surface area (Å²) < 4.78 is 0. The summed E-state index contributed by atoms with van der Waals surface area (Å²) in [4.78, 5) is 25.0. The first-order valence-corrected chi connectivity index (χ1v) is 7.36. The van der Waals surface area contributed by atoms with Crippen molar-refractivity contribution < 1.29 is 14.7 Å². The molecule has 0 aromatic rings. The molecule has 0 heterocycles. The highest BCUT2D eigenvalue weighted by Gasteiger charge is 2.35. The summed E-state index contributed by atoms with van der Waals surface area (Å²) in [6.45, 7) is 2.36. The lowest BCUT2D eigenvalue weighted by atomic mass is 10.2. The van der Waals surface area contributed by atoms with E-state index >= 15 is 0 Å². The molecule has 108 valence electrons. The largest absolute Gasteiger partial charge is 0.481 e. The van der Waals surface area contributed by atoms with Crippen molar-refractivity contribution >= 4 is 11.9 Å². The summed E-state index contributed by atoms with van der Waals surface area (Å²) in [5.41, 5.74) is 0. The van der Waals surface area contributed by atoms with Gasteiger partial charge in [-0.05, 0) is 32.6 Å². The van der Waals surface area contributed by atoms with E-state index in [0.29, 0.717) is 18.6 Å². The van der Waals surface area contributed by atoms with Gasteiger partial charge in [0.25, 0.3) is 0 Å². The molecule has 2 fully saturated rings. The predicted molar refractivity (Wildman–Crippen MR) is 71.8 cm³/mol. The van der Waals surface area contributed by atoms with Gasteiger partial charge in [-0.25, -0.2) is 0 Å². The third kappa shape index (κ3) is 4.20. The topological polar surface area (TPSA) is 69.6 Å². The van der Waals surface area contributed by atoms with Gasteiger partial charge in [0.1, 0.15) is 0 Å². The van der Waals surface area contributed by atoms with Gasteiger partial charge in [-0.15, -0.1) is 0 Å². The summed E-state index contributed by atoms with van der Waals surface area (Å²) >= 11 is 0. The van der Waals surface area contributed by atoms with E-state index in [4.69, 9.17) is 5.11 Å². The summed E-state index contributed by atoms with van der Waals surface area (Å²) in [6, 6.07) is 0.520. The molecule has 0 aliphatic heterocycles. The lowest BCUT2D eigenvalue weighted by Crippen LogP contribution is -2.49. The quantitative estimate of drug-likeness (QED) is 0.731. The van der Waals surface area contributed by atoms with Gasteiger partial charge in [-0.2, -0.15) is 0 Å². The Morgan fingerprint density at radius 2 is 1.89 bits per heavy atom. The number of carboxylic acids is 1. The Bertz CT molecular complexity index is 336. The smallest absolute Gasteiger partial charge is 0.304 e. The molecule has 0 spiro atoms. The van der Waals surface area contributed by atoms with E-state index in [-0.39, 0.29) is 18.4 Å². The molecule has 0 aromatic heterocycles. The van der Waals surface area contributed by atoms with Gasteiger partial charge in [0, 0.05) is 18.6 Å². The van der Waals surface area contributed by atoms with Crippen LogP contribution in [0.4, 0.5) is 0 Å². The van der Waals surface area contributed by atoms with Crippen LogP contribution in [-0.2, 0) is 9.59 Å². The minimum Gasteiger partial charge on any atom is -0.481 e. The summed E-state index contributed by atoms with van der Waals surface area (Å²) in [7, 11) is 0.